The molecule has 4 nitrogen and oxygen atoms in total. The van der Waals surface area contributed by atoms with E-state index in [0.717, 1.165) is 52.8 Å². The van der Waals surface area contributed by atoms with Gasteiger partial charge in [-0.05, 0) is 41.3 Å². The highest BCUT2D eigenvalue weighted by Gasteiger charge is 2.16. The Morgan fingerprint density at radius 3 is 2.52 bits per heavy atom. The molecule has 4 heteroatoms. The summed E-state index contributed by atoms with van der Waals surface area (Å²) in [6, 6.07) is 23.6. The number of nitrogens with zero attached hydrogens (tertiary/aromatic N) is 3. The summed E-state index contributed by atoms with van der Waals surface area (Å²) in [5, 5.41) is 20.1. The van der Waals surface area contributed by atoms with Gasteiger partial charge in [-0.15, -0.1) is 0 Å². The van der Waals surface area contributed by atoms with E-state index in [1.54, 1.807) is 6.07 Å². The molecule has 0 atom stereocenters. The van der Waals surface area contributed by atoms with Crippen LogP contribution in [0, 0.1) is 11.3 Å². The quantitative estimate of drug-likeness (QED) is 0.468. The molecular formula is C25H23N3O. The van der Waals surface area contributed by atoms with E-state index in [4.69, 9.17) is 4.98 Å². The van der Waals surface area contributed by atoms with Crippen LogP contribution in [0.4, 0.5) is 0 Å². The molecule has 4 rings (SSSR count). The van der Waals surface area contributed by atoms with Crippen LogP contribution in [0.3, 0.4) is 0 Å². The minimum Gasteiger partial charge on any atom is -0.506 e. The van der Waals surface area contributed by atoms with Crippen LogP contribution in [-0.2, 0) is 13.0 Å². The fourth-order valence-electron chi connectivity index (χ4n) is 3.82. The third kappa shape index (κ3) is 3.60. The molecule has 0 unspecified atom stereocenters. The van der Waals surface area contributed by atoms with Gasteiger partial charge in [-0.3, -0.25) is 0 Å². The number of hydrogen-bond acceptors (Lipinski definition) is 3. The Kier molecular flexibility index (Phi) is 5.31. The summed E-state index contributed by atoms with van der Waals surface area (Å²) < 4.78 is 2.12. The lowest BCUT2D eigenvalue weighted by Gasteiger charge is -2.15. The first-order valence-electron chi connectivity index (χ1n) is 9.97. The lowest BCUT2D eigenvalue weighted by atomic mass is 9.95. The van der Waals surface area contributed by atoms with Crippen LogP contribution in [0.2, 0.25) is 0 Å². The average molecular weight is 381 g/mol. The van der Waals surface area contributed by atoms with Crippen molar-refractivity contribution in [2.24, 2.45) is 0 Å². The Morgan fingerprint density at radius 2 is 1.72 bits per heavy atom. The van der Waals surface area contributed by atoms with E-state index in [9.17, 15) is 10.4 Å². The lowest BCUT2D eigenvalue weighted by molar-refractivity contribution is 0.477. The number of imidazole rings is 1. The van der Waals surface area contributed by atoms with Crippen LogP contribution >= 0.6 is 0 Å². The smallest absolute Gasteiger partial charge is 0.141 e. The van der Waals surface area contributed by atoms with Gasteiger partial charge in [-0.1, -0.05) is 61.9 Å². The number of phenolic OH excluding ortho intramolecular Hbond substituents is 1. The maximum atomic E-state index is 10.5. The fraction of sp³-hybridized carbons (Fsp3) is 0.200. The van der Waals surface area contributed by atoms with Gasteiger partial charge in [0.25, 0.3) is 0 Å². The van der Waals surface area contributed by atoms with E-state index in [1.807, 2.05) is 48.5 Å². The highest BCUT2D eigenvalue weighted by molar-refractivity contribution is 5.83. The molecule has 1 heterocycles. The molecule has 1 N–H and O–H groups in total. The molecule has 0 aliphatic heterocycles. The van der Waals surface area contributed by atoms with Crippen LogP contribution in [0.25, 0.3) is 22.2 Å². The minimum absolute atomic E-state index is 0.243. The van der Waals surface area contributed by atoms with Gasteiger partial charge in [0.2, 0.25) is 0 Å². The average Bonchev–Trinajstić information content (AvgIpc) is 3.11. The molecule has 0 saturated heterocycles. The number of fused-ring (bicyclic) bond motifs is 1. The Labute approximate surface area is 170 Å². The van der Waals surface area contributed by atoms with Gasteiger partial charge < -0.3 is 9.67 Å². The second-order valence-corrected chi connectivity index (χ2v) is 7.18. The van der Waals surface area contributed by atoms with Crippen LogP contribution in [0.1, 0.15) is 36.7 Å². The Morgan fingerprint density at radius 1 is 0.966 bits per heavy atom. The van der Waals surface area contributed by atoms with E-state index in [2.05, 4.69) is 29.7 Å². The highest BCUT2D eigenvalue weighted by Crippen LogP contribution is 2.31. The number of aromatic nitrogens is 2. The predicted octanol–water partition coefficient (Wildman–Crippen LogP) is 5.67. The molecule has 0 amide bonds. The van der Waals surface area contributed by atoms with E-state index < -0.39 is 0 Å². The van der Waals surface area contributed by atoms with Gasteiger partial charge >= 0.3 is 0 Å². The Hall–Kier alpha value is -3.58. The van der Waals surface area contributed by atoms with Crippen molar-refractivity contribution in [2.75, 3.05) is 0 Å². The SMILES string of the molecule is CCCCc1nc2cccc(O)c2n1Cc1ccccc1-c1ccccc1C#N. The summed E-state index contributed by atoms with van der Waals surface area (Å²) in [5.74, 6) is 1.22. The van der Waals surface area contributed by atoms with Gasteiger partial charge in [0.05, 0.1) is 23.7 Å². The molecule has 4 aromatic rings. The van der Waals surface area contributed by atoms with Crippen molar-refractivity contribution >= 4 is 11.0 Å². The van der Waals surface area contributed by atoms with Crippen molar-refractivity contribution in [2.45, 2.75) is 32.7 Å². The first-order chi connectivity index (χ1) is 14.2. The number of unbranched alkanes of at least 4 members (excludes halogenated alkanes) is 1. The van der Waals surface area contributed by atoms with E-state index in [-0.39, 0.29) is 5.75 Å². The van der Waals surface area contributed by atoms with Gasteiger partial charge in [0.1, 0.15) is 17.1 Å². The standard InChI is InChI=1S/C25H23N3O/c1-2-3-15-24-27-22-13-8-14-23(29)25(22)28(24)17-19-10-5-7-12-21(19)20-11-6-4-9-18(20)16-26/h4-14,29H,2-3,15,17H2,1H3. The van der Waals surface area contributed by atoms with E-state index in [0.29, 0.717) is 12.1 Å². The third-order valence-electron chi connectivity index (χ3n) is 5.26. The van der Waals surface area contributed by atoms with Gasteiger partial charge in [0.15, 0.2) is 0 Å². The second-order valence-electron chi connectivity index (χ2n) is 7.18. The van der Waals surface area contributed by atoms with Crippen molar-refractivity contribution in [1.82, 2.24) is 9.55 Å². The van der Waals surface area contributed by atoms with Gasteiger partial charge in [-0.2, -0.15) is 5.26 Å². The molecule has 0 bridgehead atoms. The van der Waals surface area contributed by atoms with E-state index in [1.165, 1.54) is 0 Å². The Balaban J connectivity index is 1.86. The third-order valence-corrected chi connectivity index (χ3v) is 5.26. The number of hydrogen-bond donors (Lipinski definition) is 1. The molecule has 0 spiro atoms. The van der Waals surface area contributed by atoms with Gasteiger partial charge in [-0.25, -0.2) is 4.98 Å². The molecular weight excluding hydrogens is 358 g/mol. The number of phenols is 1. The summed E-state index contributed by atoms with van der Waals surface area (Å²) in [6.07, 6.45) is 2.99. The maximum absolute atomic E-state index is 10.5. The normalized spacial score (nSPS) is 10.9. The van der Waals surface area contributed by atoms with Crippen molar-refractivity contribution < 1.29 is 5.11 Å². The monoisotopic (exact) mass is 381 g/mol. The molecule has 0 aliphatic rings. The first kappa shape index (κ1) is 18.8. The number of aromatic hydroxyl groups is 1. The maximum Gasteiger partial charge on any atom is 0.141 e. The molecule has 3 aromatic carbocycles. The summed E-state index contributed by atoms with van der Waals surface area (Å²) >= 11 is 0. The number of para-hydroxylation sites is 1. The largest absolute Gasteiger partial charge is 0.506 e. The van der Waals surface area contributed by atoms with Gasteiger partial charge in [0, 0.05) is 6.42 Å². The molecule has 0 fully saturated rings. The zero-order valence-electron chi connectivity index (χ0n) is 16.5. The van der Waals surface area contributed by atoms with Crippen LogP contribution in [0.15, 0.2) is 66.7 Å². The predicted molar refractivity (Wildman–Crippen MR) is 116 cm³/mol. The molecule has 29 heavy (non-hydrogen) atoms. The number of benzene rings is 3. The van der Waals surface area contributed by atoms with Crippen molar-refractivity contribution in [3.05, 3.63) is 83.7 Å². The molecule has 0 saturated carbocycles. The van der Waals surface area contributed by atoms with Crippen molar-refractivity contribution in [3.8, 4) is 22.9 Å². The summed E-state index contributed by atoms with van der Waals surface area (Å²) in [6.45, 7) is 2.75. The zero-order chi connectivity index (χ0) is 20.2. The number of aryl methyl sites for hydroxylation is 1. The van der Waals surface area contributed by atoms with Crippen LogP contribution in [0.5, 0.6) is 5.75 Å². The molecule has 144 valence electrons. The minimum atomic E-state index is 0.243. The summed E-state index contributed by atoms with van der Waals surface area (Å²) in [5.41, 5.74) is 5.28. The van der Waals surface area contributed by atoms with Crippen LogP contribution in [-0.4, -0.2) is 14.7 Å². The second kappa shape index (κ2) is 8.20. The van der Waals surface area contributed by atoms with Crippen molar-refractivity contribution in [1.29, 1.82) is 5.26 Å². The lowest BCUT2D eigenvalue weighted by Crippen LogP contribution is -2.07. The Bertz CT molecular complexity index is 1200. The topological polar surface area (TPSA) is 61.8 Å². The van der Waals surface area contributed by atoms with Crippen molar-refractivity contribution in [3.63, 3.8) is 0 Å². The number of rotatable bonds is 6. The number of nitriles is 1. The van der Waals surface area contributed by atoms with E-state index >= 15 is 0 Å². The molecule has 1 aromatic heterocycles. The first-order valence-corrected chi connectivity index (χ1v) is 9.97. The fourth-order valence-corrected chi connectivity index (χ4v) is 3.82. The molecule has 0 aliphatic carbocycles. The summed E-state index contributed by atoms with van der Waals surface area (Å²) in [7, 11) is 0. The van der Waals surface area contributed by atoms with Crippen LogP contribution < -0.4 is 0 Å². The molecule has 0 radical (unpaired) electrons. The zero-order valence-corrected chi connectivity index (χ0v) is 16.5. The summed E-state index contributed by atoms with van der Waals surface area (Å²) in [4.78, 5) is 4.79. The highest BCUT2D eigenvalue weighted by atomic mass is 16.3.